The van der Waals surface area contributed by atoms with Gasteiger partial charge in [-0.2, -0.15) is 0 Å². The van der Waals surface area contributed by atoms with E-state index in [1.807, 2.05) is 35.8 Å². The van der Waals surface area contributed by atoms with Crippen molar-refractivity contribution in [2.24, 2.45) is 0 Å². The van der Waals surface area contributed by atoms with E-state index < -0.39 is 0 Å². The Morgan fingerprint density at radius 3 is 2.93 bits per heavy atom. The first-order valence-corrected chi connectivity index (χ1v) is 5.99. The van der Waals surface area contributed by atoms with Crippen LogP contribution in [0.4, 0.5) is 5.69 Å². The lowest BCUT2D eigenvalue weighted by Crippen LogP contribution is -2.04. The van der Waals surface area contributed by atoms with E-state index in [1.165, 1.54) is 0 Å². The summed E-state index contributed by atoms with van der Waals surface area (Å²) in [6.45, 7) is 0.858. The second-order valence-corrected chi connectivity index (χ2v) is 4.47. The van der Waals surface area contributed by atoms with E-state index in [9.17, 15) is 0 Å². The third kappa shape index (κ3) is 2.94. The topological polar surface area (TPSA) is 24.9 Å². The molecular weight excluding hydrogens is 228 g/mol. The SMILES string of the molecule is Clc1ccccc1NCCc1nccs1. The van der Waals surface area contributed by atoms with E-state index in [2.05, 4.69) is 10.3 Å². The van der Waals surface area contributed by atoms with Crippen LogP contribution in [0.15, 0.2) is 35.8 Å². The Morgan fingerprint density at radius 2 is 2.20 bits per heavy atom. The van der Waals surface area contributed by atoms with Gasteiger partial charge < -0.3 is 5.32 Å². The van der Waals surface area contributed by atoms with Crippen LogP contribution in [0.1, 0.15) is 5.01 Å². The smallest absolute Gasteiger partial charge is 0.0942 e. The van der Waals surface area contributed by atoms with Gasteiger partial charge in [-0.15, -0.1) is 11.3 Å². The number of aromatic nitrogens is 1. The molecule has 0 atom stereocenters. The van der Waals surface area contributed by atoms with Crippen LogP contribution < -0.4 is 5.32 Å². The van der Waals surface area contributed by atoms with Gasteiger partial charge in [0.15, 0.2) is 0 Å². The highest BCUT2D eigenvalue weighted by atomic mass is 35.5. The minimum absolute atomic E-state index is 0.761. The van der Waals surface area contributed by atoms with E-state index in [0.717, 1.165) is 28.7 Å². The zero-order chi connectivity index (χ0) is 10.5. The molecule has 0 bridgehead atoms. The maximum Gasteiger partial charge on any atom is 0.0942 e. The maximum atomic E-state index is 6.01. The largest absolute Gasteiger partial charge is 0.383 e. The summed E-state index contributed by atoms with van der Waals surface area (Å²) in [7, 11) is 0. The highest BCUT2D eigenvalue weighted by molar-refractivity contribution is 7.09. The second kappa shape index (κ2) is 5.14. The van der Waals surface area contributed by atoms with E-state index in [4.69, 9.17) is 11.6 Å². The number of anilines is 1. The van der Waals surface area contributed by atoms with Crippen LogP contribution in [-0.2, 0) is 6.42 Å². The van der Waals surface area contributed by atoms with E-state index in [1.54, 1.807) is 11.3 Å². The quantitative estimate of drug-likeness (QED) is 0.883. The summed E-state index contributed by atoms with van der Waals surface area (Å²) in [5.41, 5.74) is 0.982. The number of rotatable bonds is 4. The summed E-state index contributed by atoms with van der Waals surface area (Å²) in [6.07, 6.45) is 2.76. The van der Waals surface area contributed by atoms with Crippen LogP contribution in [0.3, 0.4) is 0 Å². The highest BCUT2D eigenvalue weighted by Crippen LogP contribution is 2.20. The van der Waals surface area contributed by atoms with Crippen molar-refractivity contribution in [3.05, 3.63) is 45.9 Å². The van der Waals surface area contributed by atoms with Gasteiger partial charge in [0.1, 0.15) is 0 Å². The Morgan fingerprint density at radius 1 is 1.33 bits per heavy atom. The first-order valence-electron chi connectivity index (χ1n) is 4.73. The van der Waals surface area contributed by atoms with Crippen LogP contribution in [0.2, 0.25) is 5.02 Å². The predicted octanol–water partition coefficient (Wildman–Crippen LogP) is 3.45. The number of benzene rings is 1. The molecule has 15 heavy (non-hydrogen) atoms. The fourth-order valence-corrected chi connectivity index (χ4v) is 2.11. The molecule has 0 radical (unpaired) electrons. The summed E-state index contributed by atoms with van der Waals surface area (Å²) in [6, 6.07) is 7.75. The molecule has 0 saturated carbocycles. The van der Waals surface area contributed by atoms with Gasteiger partial charge in [0.05, 0.1) is 15.7 Å². The molecule has 0 amide bonds. The molecule has 78 valence electrons. The summed E-state index contributed by atoms with van der Waals surface area (Å²) < 4.78 is 0. The molecule has 2 aromatic rings. The molecule has 2 rings (SSSR count). The van der Waals surface area contributed by atoms with Gasteiger partial charge in [0.25, 0.3) is 0 Å². The standard InChI is InChI=1S/C11H11ClN2S/c12-9-3-1-2-4-10(9)13-6-5-11-14-7-8-15-11/h1-4,7-8,13H,5-6H2. The lowest BCUT2D eigenvalue weighted by atomic mass is 10.3. The van der Waals surface area contributed by atoms with E-state index >= 15 is 0 Å². The third-order valence-electron chi connectivity index (χ3n) is 2.01. The minimum Gasteiger partial charge on any atom is -0.383 e. The fraction of sp³-hybridized carbons (Fsp3) is 0.182. The number of hydrogen-bond acceptors (Lipinski definition) is 3. The van der Waals surface area contributed by atoms with Gasteiger partial charge in [-0.3, -0.25) is 0 Å². The van der Waals surface area contributed by atoms with Gasteiger partial charge >= 0.3 is 0 Å². The molecule has 2 nitrogen and oxygen atoms in total. The molecule has 0 fully saturated rings. The van der Waals surface area contributed by atoms with E-state index in [0.29, 0.717) is 0 Å². The monoisotopic (exact) mass is 238 g/mol. The molecule has 0 spiro atoms. The normalized spacial score (nSPS) is 10.2. The van der Waals surface area contributed by atoms with Gasteiger partial charge in [0.2, 0.25) is 0 Å². The Balaban J connectivity index is 1.86. The predicted molar refractivity (Wildman–Crippen MR) is 65.8 cm³/mol. The van der Waals surface area contributed by atoms with Crippen LogP contribution >= 0.6 is 22.9 Å². The molecule has 1 N–H and O–H groups in total. The van der Waals surface area contributed by atoms with Gasteiger partial charge in [0, 0.05) is 24.5 Å². The van der Waals surface area contributed by atoms with Crippen molar-refractivity contribution in [2.75, 3.05) is 11.9 Å². The Labute approximate surface area is 97.9 Å². The highest BCUT2D eigenvalue weighted by Gasteiger charge is 1.98. The van der Waals surface area contributed by atoms with Gasteiger partial charge in [-0.05, 0) is 12.1 Å². The first kappa shape index (κ1) is 10.5. The molecular formula is C11H11ClN2S. The van der Waals surface area contributed by atoms with Crippen molar-refractivity contribution in [3.8, 4) is 0 Å². The average molecular weight is 239 g/mol. The molecule has 4 heteroatoms. The summed E-state index contributed by atoms with van der Waals surface area (Å²) in [4.78, 5) is 4.22. The molecule has 1 aromatic carbocycles. The zero-order valence-corrected chi connectivity index (χ0v) is 9.68. The Hall–Kier alpha value is -1.06. The first-order chi connectivity index (χ1) is 7.36. The summed E-state index contributed by atoms with van der Waals surface area (Å²) in [5.74, 6) is 0. The molecule has 0 unspecified atom stereocenters. The molecule has 0 aliphatic heterocycles. The van der Waals surface area contributed by atoms with Crippen LogP contribution in [0, 0.1) is 0 Å². The van der Waals surface area contributed by atoms with Gasteiger partial charge in [-0.25, -0.2) is 4.98 Å². The van der Waals surface area contributed by atoms with Crippen molar-refractivity contribution in [3.63, 3.8) is 0 Å². The number of nitrogens with zero attached hydrogens (tertiary/aromatic N) is 1. The van der Waals surface area contributed by atoms with Crippen molar-refractivity contribution in [1.29, 1.82) is 0 Å². The molecule has 0 aliphatic rings. The third-order valence-corrected chi connectivity index (χ3v) is 3.18. The van der Waals surface area contributed by atoms with E-state index in [-0.39, 0.29) is 0 Å². The Kier molecular flexibility index (Phi) is 3.59. The molecule has 1 aromatic heterocycles. The molecule has 0 aliphatic carbocycles. The summed E-state index contributed by atoms with van der Waals surface area (Å²) >= 11 is 7.69. The van der Waals surface area contributed by atoms with Crippen molar-refractivity contribution in [2.45, 2.75) is 6.42 Å². The summed E-state index contributed by atoms with van der Waals surface area (Å²) in [5, 5.41) is 7.19. The van der Waals surface area contributed by atoms with Gasteiger partial charge in [-0.1, -0.05) is 23.7 Å². The van der Waals surface area contributed by atoms with Crippen molar-refractivity contribution in [1.82, 2.24) is 4.98 Å². The van der Waals surface area contributed by atoms with Crippen molar-refractivity contribution >= 4 is 28.6 Å². The lowest BCUT2D eigenvalue weighted by molar-refractivity contribution is 0.998. The van der Waals surface area contributed by atoms with Crippen molar-refractivity contribution < 1.29 is 0 Å². The van der Waals surface area contributed by atoms with Crippen LogP contribution in [-0.4, -0.2) is 11.5 Å². The Bertz CT molecular complexity index is 414. The molecule has 0 saturated heterocycles. The van der Waals surface area contributed by atoms with Crippen LogP contribution in [0.25, 0.3) is 0 Å². The zero-order valence-electron chi connectivity index (χ0n) is 8.11. The number of hydrogen-bond donors (Lipinski definition) is 1. The number of thiazole rings is 1. The molecule has 1 heterocycles. The number of para-hydroxylation sites is 1. The second-order valence-electron chi connectivity index (χ2n) is 3.08. The number of nitrogens with one attached hydrogen (secondary N) is 1. The maximum absolute atomic E-state index is 6.01. The average Bonchev–Trinajstić information content (AvgIpc) is 2.74. The number of halogens is 1. The minimum atomic E-state index is 0.761. The van der Waals surface area contributed by atoms with Crippen LogP contribution in [0.5, 0.6) is 0 Å². The fourth-order valence-electron chi connectivity index (χ4n) is 1.29. The lowest BCUT2D eigenvalue weighted by Gasteiger charge is -2.06.